The van der Waals surface area contributed by atoms with E-state index < -0.39 is 0 Å². The zero-order chi connectivity index (χ0) is 11.7. The van der Waals surface area contributed by atoms with E-state index in [1.165, 1.54) is 9.65 Å². The second kappa shape index (κ2) is 4.32. The van der Waals surface area contributed by atoms with Crippen LogP contribution in [0.2, 0.25) is 0 Å². The van der Waals surface area contributed by atoms with Gasteiger partial charge < -0.3 is 0 Å². The van der Waals surface area contributed by atoms with Crippen LogP contribution in [-0.4, -0.2) is 20.3 Å². The summed E-state index contributed by atoms with van der Waals surface area (Å²) in [5.74, 6) is 0.168. The van der Waals surface area contributed by atoms with Crippen LogP contribution >= 0.6 is 0 Å². The molecule has 17 heavy (non-hydrogen) atoms. The molecule has 1 aromatic heterocycles. The van der Waals surface area contributed by atoms with Gasteiger partial charge in [-0.15, -0.1) is 0 Å². The van der Waals surface area contributed by atoms with E-state index in [9.17, 15) is 4.79 Å². The Kier molecular flexibility index (Phi) is 2.68. The number of hydrogen-bond acceptors (Lipinski definition) is 1. The van der Waals surface area contributed by atoms with Crippen molar-refractivity contribution in [3.8, 4) is 0 Å². The Morgan fingerprint density at radius 1 is 0.882 bits per heavy atom. The van der Waals surface area contributed by atoms with E-state index in [-0.39, 0.29) is 20.3 Å². The van der Waals surface area contributed by atoms with Crippen molar-refractivity contribution in [3.63, 3.8) is 0 Å². The van der Waals surface area contributed by atoms with E-state index in [1.807, 2.05) is 48.5 Å². The number of carbonyl (C=O) groups is 1. The van der Waals surface area contributed by atoms with Crippen molar-refractivity contribution in [3.05, 3.63) is 70.7 Å². The van der Waals surface area contributed by atoms with Crippen molar-refractivity contribution in [1.82, 2.24) is 0 Å². The van der Waals surface area contributed by atoms with Gasteiger partial charge in [0.25, 0.3) is 0 Å². The molecule has 0 saturated heterocycles. The zero-order valence-electron chi connectivity index (χ0n) is 9.09. The summed E-state index contributed by atoms with van der Waals surface area (Å²) in [6.07, 6.45) is 0. The first kappa shape index (κ1) is 10.5. The molecule has 0 fully saturated rings. The van der Waals surface area contributed by atoms with Crippen LogP contribution in [0.4, 0.5) is 0 Å². The number of benzene rings is 2. The Morgan fingerprint density at radius 2 is 1.59 bits per heavy atom. The van der Waals surface area contributed by atoms with Crippen molar-refractivity contribution in [2.24, 2.45) is 0 Å². The SMILES string of the molecule is O=C(c1ccccc1)c1cc2ccccc2[se]1. The Balaban J connectivity index is 2.07. The summed E-state index contributed by atoms with van der Waals surface area (Å²) >= 11 is 0.156. The summed E-state index contributed by atoms with van der Waals surface area (Å²) < 4.78 is 2.25. The maximum atomic E-state index is 12.3. The van der Waals surface area contributed by atoms with Crippen molar-refractivity contribution in [2.45, 2.75) is 0 Å². The summed E-state index contributed by atoms with van der Waals surface area (Å²) in [6.45, 7) is 0. The molecular formula is C15H10OSe. The van der Waals surface area contributed by atoms with Gasteiger partial charge >= 0.3 is 105 Å². The standard InChI is InChI=1S/C15H10OSe/c16-15(11-6-2-1-3-7-11)14-10-12-8-4-5-9-13(12)17-14/h1-10H. The van der Waals surface area contributed by atoms with Gasteiger partial charge in [-0.25, -0.2) is 0 Å². The van der Waals surface area contributed by atoms with Gasteiger partial charge in [-0.2, -0.15) is 0 Å². The van der Waals surface area contributed by atoms with Gasteiger partial charge in [0.05, 0.1) is 0 Å². The third kappa shape index (κ3) is 1.97. The molecule has 0 saturated carbocycles. The van der Waals surface area contributed by atoms with Crippen LogP contribution in [0.3, 0.4) is 0 Å². The van der Waals surface area contributed by atoms with Crippen molar-refractivity contribution < 1.29 is 4.79 Å². The topological polar surface area (TPSA) is 17.1 Å². The van der Waals surface area contributed by atoms with Crippen LogP contribution in [0.25, 0.3) is 9.65 Å². The summed E-state index contributed by atoms with van der Waals surface area (Å²) in [5, 5.41) is 1.20. The molecular weight excluding hydrogens is 275 g/mol. The van der Waals surface area contributed by atoms with E-state index in [4.69, 9.17) is 0 Å². The first-order valence-electron chi connectivity index (χ1n) is 5.43. The molecule has 0 spiro atoms. The van der Waals surface area contributed by atoms with Gasteiger partial charge in [0.15, 0.2) is 0 Å². The van der Waals surface area contributed by atoms with Crippen molar-refractivity contribution in [2.75, 3.05) is 0 Å². The number of carbonyl (C=O) groups excluding carboxylic acids is 1. The fraction of sp³-hybridized carbons (Fsp3) is 0. The third-order valence-electron chi connectivity index (χ3n) is 2.69. The molecule has 2 aromatic carbocycles. The molecule has 0 bridgehead atoms. The minimum absolute atomic E-state index is 0.156. The molecule has 0 atom stereocenters. The van der Waals surface area contributed by atoms with E-state index in [1.54, 1.807) is 0 Å². The quantitative estimate of drug-likeness (QED) is 0.522. The molecule has 1 heterocycles. The van der Waals surface area contributed by atoms with Gasteiger partial charge in [-0.3, -0.25) is 0 Å². The van der Waals surface area contributed by atoms with Gasteiger partial charge in [0.1, 0.15) is 0 Å². The van der Waals surface area contributed by atoms with Gasteiger partial charge in [-0.05, 0) is 0 Å². The Morgan fingerprint density at radius 3 is 2.35 bits per heavy atom. The van der Waals surface area contributed by atoms with E-state index >= 15 is 0 Å². The van der Waals surface area contributed by atoms with Crippen LogP contribution in [0.15, 0.2) is 60.7 Å². The Hall–Kier alpha value is -1.63. The molecule has 3 rings (SSSR count). The van der Waals surface area contributed by atoms with Crippen LogP contribution in [-0.2, 0) is 0 Å². The molecule has 0 amide bonds. The molecule has 0 aliphatic carbocycles. The third-order valence-corrected chi connectivity index (χ3v) is 5.02. The van der Waals surface area contributed by atoms with Gasteiger partial charge in [0, 0.05) is 0 Å². The number of rotatable bonds is 2. The molecule has 1 nitrogen and oxygen atoms in total. The molecule has 0 unspecified atom stereocenters. The Labute approximate surface area is 105 Å². The number of fused-ring (bicyclic) bond motifs is 1. The van der Waals surface area contributed by atoms with Crippen molar-refractivity contribution >= 4 is 29.9 Å². The average Bonchev–Trinajstić information content (AvgIpc) is 2.82. The zero-order valence-corrected chi connectivity index (χ0v) is 10.8. The van der Waals surface area contributed by atoms with E-state index in [0.717, 1.165) is 10.0 Å². The summed E-state index contributed by atoms with van der Waals surface area (Å²) in [4.78, 5) is 12.3. The Bertz CT molecular complexity index is 634. The van der Waals surface area contributed by atoms with Crippen LogP contribution < -0.4 is 0 Å². The second-order valence-corrected chi connectivity index (χ2v) is 6.12. The predicted molar refractivity (Wildman–Crippen MR) is 70.8 cm³/mol. The predicted octanol–water partition coefficient (Wildman–Crippen LogP) is 3.13. The molecule has 0 radical (unpaired) electrons. The molecule has 0 aliphatic rings. The normalized spacial score (nSPS) is 10.6. The number of ketones is 1. The summed E-state index contributed by atoms with van der Waals surface area (Å²) in [5.41, 5.74) is 0.786. The summed E-state index contributed by atoms with van der Waals surface area (Å²) in [6, 6.07) is 19.8. The molecule has 0 aliphatic heterocycles. The molecule has 3 aromatic rings. The minimum atomic E-state index is 0.156. The van der Waals surface area contributed by atoms with Crippen LogP contribution in [0.5, 0.6) is 0 Å². The second-order valence-electron chi connectivity index (χ2n) is 3.84. The van der Waals surface area contributed by atoms with E-state index in [0.29, 0.717) is 0 Å². The average molecular weight is 285 g/mol. The van der Waals surface area contributed by atoms with Crippen LogP contribution in [0.1, 0.15) is 14.8 Å². The first-order valence-corrected chi connectivity index (χ1v) is 7.14. The maximum absolute atomic E-state index is 12.3. The molecule has 0 N–H and O–H groups in total. The first-order chi connectivity index (χ1) is 8.34. The monoisotopic (exact) mass is 286 g/mol. The van der Waals surface area contributed by atoms with Crippen molar-refractivity contribution in [1.29, 1.82) is 0 Å². The van der Waals surface area contributed by atoms with Gasteiger partial charge in [-0.1, -0.05) is 0 Å². The molecule has 82 valence electrons. The van der Waals surface area contributed by atoms with Gasteiger partial charge in [0.2, 0.25) is 0 Å². The van der Waals surface area contributed by atoms with E-state index in [2.05, 4.69) is 12.1 Å². The number of hydrogen-bond donors (Lipinski definition) is 0. The fourth-order valence-corrected chi connectivity index (χ4v) is 3.98. The molecule has 2 heteroatoms. The fourth-order valence-electron chi connectivity index (χ4n) is 1.83. The van der Waals surface area contributed by atoms with Crippen LogP contribution in [0, 0.1) is 0 Å². The summed E-state index contributed by atoms with van der Waals surface area (Å²) in [7, 11) is 0.